The monoisotopic (exact) mass is 501 g/mol. The number of thioether (sulfide) groups is 1. The number of carbonyl (C=O) groups excluding carboxylic acids is 1. The number of aromatic carboxylic acids is 1. The van der Waals surface area contributed by atoms with Gasteiger partial charge in [-0.05, 0) is 65.9 Å². The molecule has 1 N–H and O–H groups in total. The van der Waals surface area contributed by atoms with Gasteiger partial charge in [-0.2, -0.15) is 0 Å². The summed E-state index contributed by atoms with van der Waals surface area (Å²) in [5, 5.41) is 11.4. The van der Waals surface area contributed by atoms with Crippen molar-refractivity contribution in [3.05, 3.63) is 106 Å². The molecule has 1 fully saturated rings. The first-order valence-corrected chi connectivity index (χ1v) is 12.0. The van der Waals surface area contributed by atoms with E-state index in [1.54, 1.807) is 19.2 Å². The number of hydrogen-bond donors (Lipinski definition) is 1. The fourth-order valence-corrected chi connectivity index (χ4v) is 5.13. The van der Waals surface area contributed by atoms with E-state index >= 15 is 0 Å². The normalized spacial score (nSPS) is 16.1. The zero-order valence-corrected chi connectivity index (χ0v) is 20.3. The number of rotatable bonds is 5. The number of amidine groups is 1. The first-order chi connectivity index (χ1) is 16.9. The van der Waals surface area contributed by atoms with Crippen molar-refractivity contribution < 1.29 is 14.7 Å². The molecular weight excluding hydrogens is 482 g/mol. The largest absolute Gasteiger partial charge is 0.478 e. The van der Waals surface area contributed by atoms with Crippen LogP contribution in [0, 0.1) is 0 Å². The van der Waals surface area contributed by atoms with E-state index in [0.29, 0.717) is 27.3 Å². The topological polar surface area (TPSA) is 74.9 Å². The second kappa shape index (κ2) is 9.44. The molecule has 0 unspecified atom stereocenters. The number of aromatic nitrogens is 1. The Labute approximate surface area is 211 Å². The third-order valence-electron chi connectivity index (χ3n) is 5.69. The molecule has 3 aromatic carbocycles. The van der Waals surface area contributed by atoms with Crippen molar-refractivity contribution >= 4 is 63.1 Å². The lowest BCUT2D eigenvalue weighted by Crippen LogP contribution is -2.23. The summed E-state index contributed by atoms with van der Waals surface area (Å²) in [7, 11) is 1.68. The van der Waals surface area contributed by atoms with Crippen LogP contribution < -0.4 is 0 Å². The molecule has 1 aromatic heterocycles. The van der Waals surface area contributed by atoms with E-state index in [2.05, 4.69) is 15.6 Å². The predicted molar refractivity (Wildman–Crippen MR) is 141 cm³/mol. The number of halogens is 1. The van der Waals surface area contributed by atoms with Crippen LogP contribution in [0.4, 0.5) is 5.69 Å². The summed E-state index contributed by atoms with van der Waals surface area (Å²) in [4.78, 5) is 30.7. The summed E-state index contributed by atoms with van der Waals surface area (Å²) < 4.78 is 2.15. The van der Waals surface area contributed by atoms with Gasteiger partial charge in [0, 0.05) is 41.3 Å². The standard InChI is InChI=1S/C27H20ClN3O3S/c1-30-25(32)24(35-27(30)29-21-11-9-18(10-12-21)26(33)34)14-19-16-31(23-8-3-2-7-22(19)23)15-17-5-4-6-20(28)13-17/h2-14,16H,15H2,1H3,(H,33,34)/b24-14-,29-27?. The lowest BCUT2D eigenvalue weighted by molar-refractivity contribution is -0.121. The molecule has 6 nitrogen and oxygen atoms in total. The lowest BCUT2D eigenvalue weighted by atomic mass is 10.1. The van der Waals surface area contributed by atoms with Gasteiger partial charge in [-0.1, -0.05) is 41.9 Å². The Morgan fingerprint density at radius 2 is 1.86 bits per heavy atom. The van der Waals surface area contributed by atoms with Crippen LogP contribution in [0.25, 0.3) is 17.0 Å². The highest BCUT2D eigenvalue weighted by molar-refractivity contribution is 8.18. The number of nitrogens with zero attached hydrogens (tertiary/aromatic N) is 3. The van der Waals surface area contributed by atoms with Gasteiger partial charge in [-0.3, -0.25) is 9.69 Å². The number of aliphatic imine (C=N–C) groups is 1. The van der Waals surface area contributed by atoms with Gasteiger partial charge in [0.2, 0.25) is 0 Å². The first-order valence-electron chi connectivity index (χ1n) is 10.8. The molecule has 35 heavy (non-hydrogen) atoms. The Morgan fingerprint density at radius 3 is 2.60 bits per heavy atom. The number of carbonyl (C=O) groups is 2. The van der Waals surface area contributed by atoms with Crippen molar-refractivity contribution in [1.29, 1.82) is 0 Å². The van der Waals surface area contributed by atoms with Crippen molar-refractivity contribution in [2.24, 2.45) is 4.99 Å². The minimum absolute atomic E-state index is 0.137. The Bertz CT molecular complexity index is 1520. The molecule has 0 spiro atoms. The fourth-order valence-electron chi connectivity index (χ4n) is 3.93. The van der Waals surface area contributed by atoms with Crippen LogP contribution in [0.2, 0.25) is 5.02 Å². The van der Waals surface area contributed by atoms with Crippen LogP contribution in [0.1, 0.15) is 21.5 Å². The molecule has 8 heteroatoms. The summed E-state index contributed by atoms with van der Waals surface area (Å²) in [5.41, 5.74) is 3.87. The maximum absolute atomic E-state index is 13.0. The zero-order chi connectivity index (χ0) is 24.5. The Morgan fingerprint density at radius 1 is 1.09 bits per heavy atom. The molecule has 5 rings (SSSR count). The van der Waals surface area contributed by atoms with E-state index in [1.165, 1.54) is 28.8 Å². The Balaban J connectivity index is 1.47. The van der Waals surface area contributed by atoms with Gasteiger partial charge in [-0.25, -0.2) is 9.79 Å². The minimum atomic E-state index is -0.994. The highest BCUT2D eigenvalue weighted by atomic mass is 35.5. The molecule has 0 saturated carbocycles. The number of amides is 1. The van der Waals surface area contributed by atoms with Gasteiger partial charge in [0.15, 0.2) is 5.17 Å². The van der Waals surface area contributed by atoms with Gasteiger partial charge in [0.25, 0.3) is 5.91 Å². The molecule has 0 aliphatic carbocycles. The van der Waals surface area contributed by atoms with E-state index in [1.807, 2.05) is 54.7 Å². The minimum Gasteiger partial charge on any atom is -0.478 e. The summed E-state index contributed by atoms with van der Waals surface area (Å²) in [5.74, 6) is -1.13. The van der Waals surface area contributed by atoms with Crippen molar-refractivity contribution in [2.75, 3.05) is 7.05 Å². The SMILES string of the molecule is CN1C(=O)/C(=C/c2cn(Cc3cccc(Cl)c3)c3ccccc23)SC1=Nc1ccc(C(=O)O)cc1. The zero-order valence-electron chi connectivity index (χ0n) is 18.7. The quantitative estimate of drug-likeness (QED) is 0.327. The number of hydrogen-bond acceptors (Lipinski definition) is 4. The van der Waals surface area contributed by atoms with Crippen molar-refractivity contribution in [3.8, 4) is 0 Å². The first kappa shape index (κ1) is 23.0. The van der Waals surface area contributed by atoms with Gasteiger partial charge in [0.1, 0.15) is 0 Å². The molecule has 0 bridgehead atoms. The Hall–Kier alpha value is -3.81. The number of para-hydroxylation sites is 1. The number of benzene rings is 3. The van der Waals surface area contributed by atoms with E-state index in [4.69, 9.17) is 16.7 Å². The van der Waals surface area contributed by atoms with Crippen LogP contribution in [-0.2, 0) is 11.3 Å². The third kappa shape index (κ3) is 4.73. The van der Waals surface area contributed by atoms with Crippen LogP contribution >= 0.6 is 23.4 Å². The van der Waals surface area contributed by atoms with Crippen LogP contribution in [0.5, 0.6) is 0 Å². The van der Waals surface area contributed by atoms with Crippen molar-refractivity contribution in [1.82, 2.24) is 9.47 Å². The van der Waals surface area contributed by atoms with Gasteiger partial charge in [-0.15, -0.1) is 0 Å². The molecule has 4 aromatic rings. The fraction of sp³-hybridized carbons (Fsp3) is 0.0741. The predicted octanol–water partition coefficient (Wildman–Crippen LogP) is 6.28. The van der Waals surface area contributed by atoms with Gasteiger partial charge >= 0.3 is 5.97 Å². The molecule has 1 aliphatic rings. The summed E-state index contributed by atoms with van der Waals surface area (Å²) in [6.45, 7) is 0.657. The smallest absolute Gasteiger partial charge is 0.335 e. The highest BCUT2D eigenvalue weighted by Crippen LogP contribution is 2.35. The maximum atomic E-state index is 13.0. The average Bonchev–Trinajstić information content (AvgIpc) is 3.32. The highest BCUT2D eigenvalue weighted by Gasteiger charge is 2.30. The van der Waals surface area contributed by atoms with E-state index in [0.717, 1.165) is 22.0 Å². The molecular formula is C27H20ClN3O3S. The number of fused-ring (bicyclic) bond motifs is 1. The molecule has 1 aliphatic heterocycles. The molecule has 0 atom stereocenters. The second-order valence-corrected chi connectivity index (χ2v) is 9.53. The van der Waals surface area contributed by atoms with Crippen molar-refractivity contribution in [2.45, 2.75) is 6.54 Å². The third-order valence-corrected chi connectivity index (χ3v) is 6.99. The lowest BCUT2D eigenvalue weighted by Gasteiger charge is -2.07. The Kier molecular flexibility index (Phi) is 6.19. The maximum Gasteiger partial charge on any atom is 0.335 e. The molecule has 2 heterocycles. The molecule has 0 radical (unpaired) electrons. The van der Waals surface area contributed by atoms with E-state index in [9.17, 15) is 9.59 Å². The summed E-state index contributed by atoms with van der Waals surface area (Å²) in [6, 6.07) is 22.1. The number of carboxylic acids is 1. The molecule has 1 amide bonds. The van der Waals surface area contributed by atoms with Crippen LogP contribution in [0.3, 0.4) is 0 Å². The number of likely N-dealkylation sites (N-methyl/N-ethyl adjacent to an activating group) is 1. The van der Waals surface area contributed by atoms with Crippen LogP contribution in [0.15, 0.2) is 88.9 Å². The average molecular weight is 502 g/mol. The number of carboxylic acid groups (broad SMARTS) is 1. The molecule has 1 saturated heterocycles. The molecule has 174 valence electrons. The summed E-state index contributed by atoms with van der Waals surface area (Å²) >= 11 is 7.47. The van der Waals surface area contributed by atoms with Crippen molar-refractivity contribution in [3.63, 3.8) is 0 Å². The van der Waals surface area contributed by atoms with Gasteiger partial charge in [0.05, 0.1) is 16.2 Å². The van der Waals surface area contributed by atoms with E-state index < -0.39 is 5.97 Å². The summed E-state index contributed by atoms with van der Waals surface area (Å²) in [6.07, 6.45) is 3.95. The second-order valence-electron chi connectivity index (χ2n) is 8.08. The van der Waals surface area contributed by atoms with Crippen LogP contribution in [-0.4, -0.2) is 38.7 Å². The van der Waals surface area contributed by atoms with E-state index in [-0.39, 0.29) is 11.5 Å². The van der Waals surface area contributed by atoms with Gasteiger partial charge < -0.3 is 9.67 Å².